The zero-order valence-corrected chi connectivity index (χ0v) is 10.4. The lowest BCUT2D eigenvalue weighted by Gasteiger charge is -2.01. The third-order valence-electron chi connectivity index (χ3n) is 2.95. The average molecular weight is 267 g/mol. The minimum atomic E-state index is -0.434. The van der Waals surface area contributed by atoms with Gasteiger partial charge in [-0.1, -0.05) is 30.3 Å². The second-order valence-electron chi connectivity index (χ2n) is 4.26. The van der Waals surface area contributed by atoms with Gasteiger partial charge in [-0.25, -0.2) is 0 Å². The Kier molecular flexibility index (Phi) is 3.18. The van der Waals surface area contributed by atoms with Gasteiger partial charge in [-0.15, -0.1) is 0 Å². The number of amidine groups is 1. The highest BCUT2D eigenvalue weighted by molar-refractivity contribution is 6.68. The van der Waals surface area contributed by atoms with E-state index in [1.807, 2.05) is 30.3 Å². The molecular formula is C13H10BN3O3. The predicted molar refractivity (Wildman–Crippen MR) is 75.7 cm³/mol. The number of rotatable bonds is 3. The Morgan fingerprint density at radius 2 is 1.80 bits per heavy atom. The van der Waals surface area contributed by atoms with Gasteiger partial charge >= 0.3 is 7.05 Å². The SMILES string of the molecule is O=[N+]([O-])c1ccc(C2=NB(c3ccccc3)ON2)cc1. The Hall–Kier alpha value is -2.67. The summed E-state index contributed by atoms with van der Waals surface area (Å²) < 4.78 is 5.40. The fourth-order valence-corrected chi connectivity index (χ4v) is 1.92. The lowest BCUT2D eigenvalue weighted by atomic mass is 9.75. The van der Waals surface area contributed by atoms with Gasteiger partial charge in [0.2, 0.25) is 0 Å². The van der Waals surface area contributed by atoms with E-state index in [-0.39, 0.29) is 5.69 Å². The summed E-state index contributed by atoms with van der Waals surface area (Å²) in [5.41, 5.74) is 4.49. The number of nitro groups is 1. The van der Waals surface area contributed by atoms with Gasteiger partial charge in [0, 0.05) is 17.7 Å². The monoisotopic (exact) mass is 267 g/mol. The molecule has 0 saturated heterocycles. The molecule has 1 aliphatic heterocycles. The van der Waals surface area contributed by atoms with Gasteiger partial charge in [0.15, 0.2) is 0 Å². The zero-order valence-electron chi connectivity index (χ0n) is 10.4. The van der Waals surface area contributed by atoms with Crippen LogP contribution in [0, 0.1) is 10.1 Å². The van der Waals surface area contributed by atoms with E-state index in [1.165, 1.54) is 12.1 Å². The minimum Gasteiger partial charge on any atom is -0.300 e. The van der Waals surface area contributed by atoms with Crippen LogP contribution in [0.5, 0.6) is 0 Å². The highest BCUT2D eigenvalue weighted by atomic mass is 16.6. The molecule has 3 rings (SSSR count). The number of hydrogen-bond acceptors (Lipinski definition) is 5. The maximum absolute atomic E-state index is 10.6. The van der Waals surface area contributed by atoms with Crippen LogP contribution in [-0.4, -0.2) is 17.8 Å². The quantitative estimate of drug-likeness (QED) is 0.516. The van der Waals surface area contributed by atoms with Gasteiger partial charge < -0.3 is 0 Å². The molecule has 7 heteroatoms. The number of nitrogens with zero attached hydrogens (tertiary/aromatic N) is 2. The van der Waals surface area contributed by atoms with E-state index < -0.39 is 12.0 Å². The molecule has 2 aromatic rings. The van der Waals surface area contributed by atoms with E-state index in [1.54, 1.807) is 12.1 Å². The van der Waals surface area contributed by atoms with E-state index >= 15 is 0 Å². The Labute approximate surface area is 115 Å². The molecule has 0 radical (unpaired) electrons. The van der Waals surface area contributed by atoms with Crippen molar-refractivity contribution in [3.63, 3.8) is 0 Å². The van der Waals surface area contributed by atoms with E-state index in [0.717, 1.165) is 11.0 Å². The van der Waals surface area contributed by atoms with Crippen LogP contribution in [0.15, 0.2) is 59.5 Å². The van der Waals surface area contributed by atoms with E-state index in [2.05, 4.69) is 10.4 Å². The van der Waals surface area contributed by atoms with E-state index in [0.29, 0.717) is 5.84 Å². The summed E-state index contributed by atoms with van der Waals surface area (Å²) >= 11 is 0. The van der Waals surface area contributed by atoms with Crippen LogP contribution >= 0.6 is 0 Å². The molecule has 0 spiro atoms. The Bertz CT molecular complexity index is 658. The second kappa shape index (κ2) is 5.14. The van der Waals surface area contributed by atoms with Crippen molar-refractivity contribution in [3.8, 4) is 0 Å². The van der Waals surface area contributed by atoms with Crippen LogP contribution in [0.2, 0.25) is 0 Å². The van der Waals surface area contributed by atoms with Crippen molar-refractivity contribution in [2.75, 3.05) is 0 Å². The fraction of sp³-hybridized carbons (Fsp3) is 0. The maximum atomic E-state index is 10.6. The van der Waals surface area contributed by atoms with E-state index in [9.17, 15) is 10.1 Å². The first-order valence-electron chi connectivity index (χ1n) is 6.03. The Balaban J connectivity index is 1.83. The summed E-state index contributed by atoms with van der Waals surface area (Å²) in [6.07, 6.45) is 0. The number of non-ortho nitro benzene ring substituents is 1. The molecule has 0 bridgehead atoms. The van der Waals surface area contributed by atoms with Gasteiger partial charge in [-0.2, -0.15) is 0 Å². The van der Waals surface area contributed by atoms with Crippen LogP contribution < -0.4 is 10.9 Å². The van der Waals surface area contributed by atoms with E-state index in [4.69, 9.17) is 4.76 Å². The molecule has 0 amide bonds. The van der Waals surface area contributed by atoms with Crippen molar-refractivity contribution in [2.45, 2.75) is 0 Å². The predicted octanol–water partition coefficient (Wildman–Crippen LogP) is 1.27. The number of hydrogen-bond donors (Lipinski definition) is 1. The third kappa shape index (κ3) is 2.39. The van der Waals surface area contributed by atoms with Crippen LogP contribution in [0.4, 0.5) is 5.69 Å². The molecule has 1 N–H and O–H groups in total. The molecule has 0 unspecified atom stereocenters. The highest BCUT2D eigenvalue weighted by Crippen LogP contribution is 2.13. The van der Waals surface area contributed by atoms with Gasteiger partial charge in [0.1, 0.15) is 5.84 Å². The molecule has 0 aliphatic carbocycles. The van der Waals surface area contributed by atoms with Crippen LogP contribution in [-0.2, 0) is 4.76 Å². The van der Waals surface area contributed by atoms with Crippen molar-refractivity contribution in [2.24, 2.45) is 4.90 Å². The fourth-order valence-electron chi connectivity index (χ4n) is 1.92. The largest absolute Gasteiger partial charge is 0.496 e. The number of nitrogens with one attached hydrogen (secondary N) is 1. The molecule has 98 valence electrons. The first kappa shape index (κ1) is 12.4. The van der Waals surface area contributed by atoms with Gasteiger partial charge in [-0.3, -0.25) is 25.3 Å². The summed E-state index contributed by atoms with van der Waals surface area (Å²) in [5, 5.41) is 10.6. The number of nitro benzene ring substituents is 1. The topological polar surface area (TPSA) is 76.8 Å². The number of benzene rings is 2. The second-order valence-corrected chi connectivity index (χ2v) is 4.26. The zero-order chi connectivity index (χ0) is 13.9. The molecule has 0 saturated carbocycles. The molecule has 1 heterocycles. The molecule has 1 aliphatic rings. The lowest BCUT2D eigenvalue weighted by molar-refractivity contribution is -0.384. The molecular weight excluding hydrogens is 257 g/mol. The van der Waals surface area contributed by atoms with Crippen molar-refractivity contribution in [1.29, 1.82) is 0 Å². The van der Waals surface area contributed by atoms with Gasteiger partial charge in [0.25, 0.3) is 5.69 Å². The summed E-state index contributed by atoms with van der Waals surface area (Å²) in [6, 6.07) is 15.8. The smallest absolute Gasteiger partial charge is 0.300 e. The van der Waals surface area contributed by atoms with Crippen molar-refractivity contribution in [1.82, 2.24) is 5.48 Å². The van der Waals surface area contributed by atoms with Crippen LogP contribution in [0.25, 0.3) is 0 Å². The Morgan fingerprint density at radius 3 is 2.45 bits per heavy atom. The number of hydroxylamine groups is 1. The minimum absolute atomic E-state index is 0.0490. The first-order chi connectivity index (χ1) is 9.74. The third-order valence-corrected chi connectivity index (χ3v) is 2.95. The average Bonchev–Trinajstić information content (AvgIpc) is 2.98. The summed E-state index contributed by atoms with van der Waals surface area (Å²) in [4.78, 5) is 14.6. The molecule has 20 heavy (non-hydrogen) atoms. The van der Waals surface area contributed by atoms with Gasteiger partial charge in [-0.05, 0) is 17.6 Å². The van der Waals surface area contributed by atoms with Gasteiger partial charge in [0.05, 0.1) is 4.92 Å². The summed E-state index contributed by atoms with van der Waals surface area (Å²) in [6.45, 7) is 0. The van der Waals surface area contributed by atoms with Crippen molar-refractivity contribution < 1.29 is 9.68 Å². The molecule has 0 atom stereocenters. The Morgan fingerprint density at radius 1 is 1.10 bits per heavy atom. The molecule has 2 aromatic carbocycles. The maximum Gasteiger partial charge on any atom is 0.496 e. The van der Waals surface area contributed by atoms with Crippen molar-refractivity contribution in [3.05, 3.63) is 70.3 Å². The summed E-state index contributed by atoms with van der Waals surface area (Å²) in [5.74, 6) is 0.564. The highest BCUT2D eigenvalue weighted by Gasteiger charge is 2.26. The first-order valence-corrected chi connectivity index (χ1v) is 6.03. The normalized spacial score (nSPS) is 13.8. The summed E-state index contributed by atoms with van der Waals surface area (Å²) in [7, 11) is -0.401. The standard InChI is InChI=1S/C13H10BN3O3/c18-17(19)12-8-6-10(7-9-12)13-15-14(20-16-13)11-4-2-1-3-5-11/h1-9H,(H,15,16). The molecule has 0 aromatic heterocycles. The van der Waals surface area contributed by atoms with Crippen LogP contribution in [0.1, 0.15) is 5.56 Å². The lowest BCUT2D eigenvalue weighted by Crippen LogP contribution is -2.31. The van der Waals surface area contributed by atoms with Crippen molar-refractivity contribution >= 4 is 24.0 Å². The molecule has 0 fully saturated rings. The van der Waals surface area contributed by atoms with Crippen LogP contribution in [0.3, 0.4) is 0 Å². The molecule has 6 nitrogen and oxygen atoms in total.